The van der Waals surface area contributed by atoms with Crippen molar-refractivity contribution in [2.24, 2.45) is 5.14 Å². The third-order valence-electron chi connectivity index (χ3n) is 2.03. The number of nitro groups is 1. The first-order chi connectivity index (χ1) is 8.87. The van der Waals surface area contributed by atoms with Crippen LogP contribution in [-0.4, -0.2) is 18.3 Å². The second kappa shape index (κ2) is 4.90. The van der Waals surface area contributed by atoms with Crippen LogP contribution < -0.4 is 5.14 Å². The molecule has 0 aliphatic rings. The number of hydrogen-bond donors (Lipinski definition) is 1. The molecular formula is C7H4F5N3O4S. The predicted octanol–water partition coefficient (Wildman–Crippen LogP) is 1.59. The van der Waals surface area contributed by atoms with Gasteiger partial charge < -0.3 is 0 Å². The SMILES string of the molecule is NS(=O)(=O)c1cnc(C(F)(F)F)c([N+](=O)[O-])c1C(F)F. The maximum absolute atomic E-state index is 12.7. The van der Waals surface area contributed by atoms with Gasteiger partial charge in [0.15, 0.2) is 0 Å². The Morgan fingerprint density at radius 3 is 2.15 bits per heavy atom. The van der Waals surface area contributed by atoms with Gasteiger partial charge in [-0.2, -0.15) is 13.2 Å². The van der Waals surface area contributed by atoms with Crippen LogP contribution >= 0.6 is 0 Å². The van der Waals surface area contributed by atoms with Crippen molar-refractivity contribution in [3.05, 3.63) is 27.6 Å². The van der Waals surface area contributed by atoms with Crippen molar-refractivity contribution in [3.8, 4) is 0 Å². The smallest absolute Gasteiger partial charge is 0.258 e. The van der Waals surface area contributed by atoms with Gasteiger partial charge in [0.25, 0.3) is 6.43 Å². The van der Waals surface area contributed by atoms with E-state index in [0.29, 0.717) is 0 Å². The molecule has 20 heavy (non-hydrogen) atoms. The van der Waals surface area contributed by atoms with Gasteiger partial charge in [0.2, 0.25) is 15.7 Å². The lowest BCUT2D eigenvalue weighted by molar-refractivity contribution is -0.390. The summed E-state index contributed by atoms with van der Waals surface area (Å²) in [5.41, 5.74) is -6.32. The van der Waals surface area contributed by atoms with E-state index in [9.17, 15) is 40.5 Å². The summed E-state index contributed by atoms with van der Waals surface area (Å²) in [4.78, 5) is 9.77. The van der Waals surface area contributed by atoms with E-state index in [1.54, 1.807) is 0 Å². The quantitative estimate of drug-likeness (QED) is 0.515. The van der Waals surface area contributed by atoms with Crippen LogP contribution in [0.4, 0.5) is 27.6 Å². The molecule has 0 saturated heterocycles. The first-order valence-electron chi connectivity index (χ1n) is 4.42. The van der Waals surface area contributed by atoms with Crippen molar-refractivity contribution in [1.29, 1.82) is 0 Å². The summed E-state index contributed by atoms with van der Waals surface area (Å²) in [5, 5.41) is 15.1. The van der Waals surface area contributed by atoms with Crippen LogP contribution in [0.5, 0.6) is 0 Å². The summed E-state index contributed by atoms with van der Waals surface area (Å²) in [6.07, 6.45) is -9.37. The molecule has 0 aromatic carbocycles. The summed E-state index contributed by atoms with van der Waals surface area (Å²) < 4.78 is 84.9. The summed E-state index contributed by atoms with van der Waals surface area (Å²) >= 11 is 0. The lowest BCUT2D eigenvalue weighted by Crippen LogP contribution is -2.20. The number of aromatic nitrogens is 1. The van der Waals surface area contributed by atoms with Crippen molar-refractivity contribution < 1.29 is 35.3 Å². The average Bonchev–Trinajstić information content (AvgIpc) is 2.24. The molecule has 7 nitrogen and oxygen atoms in total. The van der Waals surface area contributed by atoms with E-state index in [1.165, 1.54) is 0 Å². The number of rotatable bonds is 3. The first kappa shape index (κ1) is 16.2. The average molecular weight is 321 g/mol. The van der Waals surface area contributed by atoms with Gasteiger partial charge in [-0.15, -0.1) is 0 Å². The fraction of sp³-hybridized carbons (Fsp3) is 0.286. The maximum Gasteiger partial charge on any atom is 0.440 e. The highest BCUT2D eigenvalue weighted by molar-refractivity contribution is 7.89. The fourth-order valence-corrected chi connectivity index (χ4v) is 2.02. The van der Waals surface area contributed by atoms with Crippen LogP contribution in [-0.2, 0) is 16.2 Å². The van der Waals surface area contributed by atoms with Crippen LogP contribution in [0.2, 0.25) is 0 Å². The highest BCUT2D eigenvalue weighted by Gasteiger charge is 2.45. The van der Waals surface area contributed by atoms with Gasteiger partial charge in [0.1, 0.15) is 10.5 Å². The molecule has 0 fully saturated rings. The standard InChI is InChI=1S/C7H4F5N3O4S/c8-6(9)3-2(20(13,18)19)1-14-5(7(10,11)12)4(3)15(16)17/h1,6H,(H2,13,18,19). The molecule has 0 unspecified atom stereocenters. The number of sulfonamides is 1. The third kappa shape index (κ3) is 2.98. The van der Waals surface area contributed by atoms with Gasteiger partial charge in [-0.1, -0.05) is 0 Å². The Kier molecular flexibility index (Phi) is 3.96. The van der Waals surface area contributed by atoms with Gasteiger partial charge in [0.05, 0.1) is 4.92 Å². The molecule has 1 aromatic heterocycles. The number of primary sulfonamides is 1. The van der Waals surface area contributed by atoms with Gasteiger partial charge >= 0.3 is 11.9 Å². The monoisotopic (exact) mass is 321 g/mol. The molecule has 1 aromatic rings. The Hall–Kier alpha value is -1.89. The molecule has 0 aliphatic heterocycles. The molecule has 1 heterocycles. The first-order valence-corrected chi connectivity index (χ1v) is 5.97. The second-order valence-electron chi connectivity index (χ2n) is 3.33. The summed E-state index contributed by atoms with van der Waals surface area (Å²) in [5.74, 6) is 0. The Balaban J connectivity index is 3.92. The largest absolute Gasteiger partial charge is 0.440 e. The number of pyridine rings is 1. The maximum atomic E-state index is 12.7. The topological polar surface area (TPSA) is 116 Å². The van der Waals surface area contributed by atoms with Gasteiger partial charge in [-0.25, -0.2) is 27.3 Å². The Bertz CT molecular complexity index is 657. The third-order valence-corrected chi connectivity index (χ3v) is 2.97. The molecule has 0 bridgehead atoms. The van der Waals surface area contributed by atoms with Crippen LogP contribution in [0, 0.1) is 10.1 Å². The normalized spacial score (nSPS) is 12.8. The van der Waals surface area contributed by atoms with Crippen LogP contribution in [0.25, 0.3) is 0 Å². The Morgan fingerprint density at radius 2 is 1.85 bits per heavy atom. The number of nitrogens with two attached hydrogens (primary N) is 1. The summed E-state index contributed by atoms with van der Waals surface area (Å²) in [6, 6.07) is 0. The van der Waals surface area contributed by atoms with Crippen molar-refractivity contribution in [3.63, 3.8) is 0 Å². The van der Waals surface area contributed by atoms with Gasteiger partial charge in [-0.05, 0) is 0 Å². The van der Waals surface area contributed by atoms with Gasteiger partial charge in [0, 0.05) is 6.20 Å². The van der Waals surface area contributed by atoms with E-state index in [1.807, 2.05) is 0 Å². The van der Waals surface area contributed by atoms with E-state index in [4.69, 9.17) is 0 Å². The molecule has 2 N–H and O–H groups in total. The zero-order valence-corrected chi connectivity index (χ0v) is 9.87. The molecule has 13 heteroatoms. The number of alkyl halides is 5. The highest BCUT2D eigenvalue weighted by Crippen LogP contribution is 2.41. The molecule has 1 rings (SSSR count). The van der Waals surface area contributed by atoms with Crippen molar-refractivity contribution in [2.75, 3.05) is 0 Å². The highest BCUT2D eigenvalue weighted by atomic mass is 32.2. The van der Waals surface area contributed by atoms with Crippen LogP contribution in [0.1, 0.15) is 17.7 Å². The number of nitrogens with zero attached hydrogens (tertiary/aromatic N) is 2. The predicted molar refractivity (Wildman–Crippen MR) is 52.2 cm³/mol. The zero-order valence-electron chi connectivity index (χ0n) is 9.06. The lowest BCUT2D eigenvalue weighted by atomic mass is 10.1. The molecule has 0 amide bonds. The number of hydrogen-bond acceptors (Lipinski definition) is 5. The minimum atomic E-state index is -5.41. The summed E-state index contributed by atoms with van der Waals surface area (Å²) in [7, 11) is -4.91. The van der Waals surface area contributed by atoms with Gasteiger partial charge in [-0.3, -0.25) is 10.1 Å². The zero-order chi connectivity index (χ0) is 15.9. The van der Waals surface area contributed by atoms with E-state index < -0.39 is 49.4 Å². The minimum absolute atomic E-state index is 0.0906. The summed E-state index contributed by atoms with van der Waals surface area (Å²) in [6.45, 7) is 0. The molecular weight excluding hydrogens is 317 g/mol. The van der Waals surface area contributed by atoms with E-state index >= 15 is 0 Å². The van der Waals surface area contributed by atoms with E-state index in [0.717, 1.165) is 0 Å². The number of halogens is 5. The van der Waals surface area contributed by atoms with E-state index in [-0.39, 0.29) is 6.20 Å². The lowest BCUT2D eigenvalue weighted by Gasteiger charge is -2.12. The van der Waals surface area contributed by atoms with Crippen LogP contribution in [0.15, 0.2) is 11.1 Å². The Labute approximate surface area is 107 Å². The molecule has 0 aliphatic carbocycles. The molecule has 0 saturated carbocycles. The minimum Gasteiger partial charge on any atom is -0.258 e. The van der Waals surface area contributed by atoms with Crippen molar-refractivity contribution in [1.82, 2.24) is 4.98 Å². The second-order valence-corrected chi connectivity index (χ2v) is 4.86. The van der Waals surface area contributed by atoms with Crippen molar-refractivity contribution in [2.45, 2.75) is 17.5 Å². The van der Waals surface area contributed by atoms with E-state index in [2.05, 4.69) is 10.1 Å². The molecule has 0 atom stereocenters. The van der Waals surface area contributed by atoms with Crippen molar-refractivity contribution >= 4 is 15.7 Å². The molecule has 0 spiro atoms. The Morgan fingerprint density at radius 1 is 1.35 bits per heavy atom. The molecule has 112 valence electrons. The molecule has 0 radical (unpaired) electrons. The van der Waals surface area contributed by atoms with Crippen LogP contribution in [0.3, 0.4) is 0 Å². The fourth-order valence-electron chi connectivity index (χ4n) is 1.33.